The second kappa shape index (κ2) is 29.1. The number of para-hydroxylation sites is 1. The van der Waals surface area contributed by atoms with Crippen molar-refractivity contribution < 1.29 is 14.2 Å². The fraction of sp³-hybridized carbons (Fsp3) is 0.111. The molecule has 0 atom stereocenters. The molecule has 0 aliphatic carbocycles. The van der Waals surface area contributed by atoms with E-state index in [9.17, 15) is 0 Å². The first-order valence-corrected chi connectivity index (χ1v) is 29.6. The highest BCUT2D eigenvalue weighted by Crippen LogP contribution is 2.38. The van der Waals surface area contributed by atoms with Gasteiger partial charge in [0.05, 0.1) is 39.6 Å². The summed E-state index contributed by atoms with van der Waals surface area (Å²) < 4.78 is 18.2. The lowest BCUT2D eigenvalue weighted by atomic mass is 10.0. The highest BCUT2D eigenvalue weighted by molar-refractivity contribution is 5.80. The molecule has 0 radical (unpaired) electrons. The summed E-state index contributed by atoms with van der Waals surface area (Å²) in [6.07, 6.45) is 8.24. The average molecular weight is 1120 g/mol. The maximum Gasteiger partial charge on any atom is 0.0721 e. The SMILES string of the molecule is C=Cc1ccc(COCCc2ccc(N(c3ccc(CCc4ccc(N(c5ccccc5)c5ccc(-c6ccc(COCc7ccc(C=C)cc7)cc6)cc5)cc4)cc3)c3ccc(-c4ccc(COCc5ccc(C=C)cc5)cc4)cc3)cc2)cc1. The Morgan fingerprint density at radius 3 is 0.767 bits per heavy atom. The Kier molecular flexibility index (Phi) is 19.6. The van der Waals surface area contributed by atoms with Gasteiger partial charge in [0.2, 0.25) is 0 Å². The summed E-state index contributed by atoms with van der Waals surface area (Å²) >= 11 is 0. The van der Waals surface area contributed by atoms with E-state index in [4.69, 9.17) is 14.2 Å². The second-order valence-corrected chi connectivity index (χ2v) is 21.6. The van der Waals surface area contributed by atoms with Gasteiger partial charge in [-0.1, -0.05) is 238 Å². The van der Waals surface area contributed by atoms with E-state index < -0.39 is 0 Å². The largest absolute Gasteiger partial charge is 0.376 e. The van der Waals surface area contributed by atoms with Gasteiger partial charge in [0.15, 0.2) is 0 Å². The van der Waals surface area contributed by atoms with E-state index in [2.05, 4.69) is 303 Å². The molecule has 424 valence electrons. The fourth-order valence-electron chi connectivity index (χ4n) is 10.6. The predicted octanol–water partition coefficient (Wildman–Crippen LogP) is 20.9. The van der Waals surface area contributed by atoms with E-state index in [1.165, 1.54) is 27.8 Å². The number of aryl methyl sites for hydroxylation is 2. The molecule has 11 aromatic carbocycles. The molecule has 11 aromatic rings. The highest BCUT2D eigenvalue weighted by atomic mass is 16.5. The lowest BCUT2D eigenvalue weighted by Crippen LogP contribution is -2.10. The van der Waals surface area contributed by atoms with Crippen LogP contribution in [-0.2, 0) is 66.5 Å². The maximum atomic E-state index is 6.10. The van der Waals surface area contributed by atoms with Crippen LogP contribution >= 0.6 is 0 Å². The molecule has 0 spiro atoms. The van der Waals surface area contributed by atoms with Gasteiger partial charge in [-0.2, -0.15) is 0 Å². The second-order valence-electron chi connectivity index (χ2n) is 21.6. The lowest BCUT2D eigenvalue weighted by molar-refractivity contribution is 0.107. The Labute approximate surface area is 508 Å². The van der Waals surface area contributed by atoms with Gasteiger partial charge in [-0.25, -0.2) is 0 Å². The Bertz CT molecular complexity index is 3900. The first-order chi connectivity index (χ1) is 42.4. The number of ether oxygens (including phenoxy) is 3. The van der Waals surface area contributed by atoms with Crippen LogP contribution in [-0.4, -0.2) is 6.61 Å². The molecular formula is C81H72N2O3. The fourth-order valence-corrected chi connectivity index (χ4v) is 10.6. The average Bonchev–Trinajstić information content (AvgIpc) is 2.70. The summed E-state index contributed by atoms with van der Waals surface area (Å²) in [5.41, 5.74) is 24.1. The molecule has 0 aromatic heterocycles. The van der Waals surface area contributed by atoms with Crippen molar-refractivity contribution in [1.29, 1.82) is 0 Å². The molecule has 0 fully saturated rings. The Balaban J connectivity index is 0.740. The minimum atomic E-state index is 0.551. The third kappa shape index (κ3) is 15.5. The maximum absolute atomic E-state index is 6.10. The predicted molar refractivity (Wildman–Crippen MR) is 360 cm³/mol. The standard InChI is InChI=1S/C81H72N2O3/c1-4-61-12-20-67(21-13-61)56-84-55-54-66-34-48-79(49-35-66)83(81-52-42-75(43-53-81)73-38-28-71(29-39-73)60-86-58-69-24-16-63(6-3)17-25-69)78-46-32-65(33-47-78)19-18-64-30-44-77(45-31-64)82(76-10-8-7-9-11-76)80-50-40-74(41-51-80)72-36-26-70(27-37-72)59-85-57-68-22-14-62(5-2)15-23-68/h4-17,20-53H,1-3,18-19,54-60H2. The summed E-state index contributed by atoms with van der Waals surface area (Å²) in [4.78, 5) is 4.67. The van der Waals surface area contributed by atoms with Crippen molar-refractivity contribution in [2.75, 3.05) is 16.4 Å². The van der Waals surface area contributed by atoms with Gasteiger partial charge in [-0.3, -0.25) is 0 Å². The Morgan fingerprint density at radius 1 is 0.233 bits per heavy atom. The molecule has 0 aliphatic rings. The van der Waals surface area contributed by atoms with Gasteiger partial charge in [0.1, 0.15) is 0 Å². The topological polar surface area (TPSA) is 34.2 Å². The van der Waals surface area contributed by atoms with Crippen LogP contribution in [0.15, 0.2) is 293 Å². The molecule has 0 heterocycles. The Hall–Kier alpha value is -9.88. The minimum absolute atomic E-state index is 0.551. The van der Waals surface area contributed by atoms with Crippen LogP contribution in [0.25, 0.3) is 40.5 Å². The van der Waals surface area contributed by atoms with Crippen molar-refractivity contribution in [1.82, 2.24) is 0 Å². The summed E-state index contributed by atoms with van der Waals surface area (Å²) in [6, 6.07) is 97.7. The van der Waals surface area contributed by atoms with Crippen LogP contribution in [0.5, 0.6) is 0 Å². The van der Waals surface area contributed by atoms with Gasteiger partial charge in [-0.15, -0.1) is 0 Å². The molecule has 0 saturated carbocycles. The van der Waals surface area contributed by atoms with E-state index in [0.717, 1.165) is 109 Å². The molecule has 0 aliphatic heterocycles. The molecule has 86 heavy (non-hydrogen) atoms. The molecular weight excluding hydrogens is 1050 g/mol. The van der Waals surface area contributed by atoms with Crippen molar-refractivity contribution in [2.24, 2.45) is 0 Å². The van der Waals surface area contributed by atoms with Crippen LogP contribution in [0.4, 0.5) is 34.1 Å². The lowest BCUT2D eigenvalue weighted by Gasteiger charge is -2.26. The van der Waals surface area contributed by atoms with Crippen molar-refractivity contribution in [2.45, 2.75) is 52.3 Å². The van der Waals surface area contributed by atoms with Gasteiger partial charge < -0.3 is 24.0 Å². The van der Waals surface area contributed by atoms with Crippen LogP contribution in [0.1, 0.15) is 61.2 Å². The molecule has 5 heteroatoms. The van der Waals surface area contributed by atoms with Crippen molar-refractivity contribution in [3.8, 4) is 22.3 Å². The third-order valence-electron chi connectivity index (χ3n) is 15.7. The summed E-state index contributed by atoms with van der Waals surface area (Å²) in [5, 5.41) is 0. The molecule has 11 rings (SSSR count). The van der Waals surface area contributed by atoms with E-state index in [1.807, 2.05) is 18.2 Å². The number of hydrogen-bond donors (Lipinski definition) is 0. The minimum Gasteiger partial charge on any atom is -0.376 e. The molecule has 0 bridgehead atoms. The van der Waals surface area contributed by atoms with E-state index in [0.29, 0.717) is 39.6 Å². The zero-order valence-electron chi connectivity index (χ0n) is 48.8. The van der Waals surface area contributed by atoms with Crippen LogP contribution in [0.3, 0.4) is 0 Å². The van der Waals surface area contributed by atoms with Crippen LogP contribution < -0.4 is 9.80 Å². The van der Waals surface area contributed by atoms with E-state index in [-0.39, 0.29) is 0 Å². The molecule has 0 unspecified atom stereocenters. The molecule has 0 amide bonds. The normalized spacial score (nSPS) is 11.0. The van der Waals surface area contributed by atoms with Crippen molar-refractivity contribution in [3.63, 3.8) is 0 Å². The van der Waals surface area contributed by atoms with Crippen molar-refractivity contribution >= 4 is 52.4 Å². The molecule has 0 saturated heterocycles. The summed E-state index contributed by atoms with van der Waals surface area (Å²) in [6.45, 7) is 15.0. The quantitative estimate of drug-likeness (QED) is 0.0480. The molecule has 5 nitrogen and oxygen atoms in total. The first kappa shape index (κ1) is 57.9. The van der Waals surface area contributed by atoms with Gasteiger partial charge in [0.25, 0.3) is 0 Å². The number of rotatable bonds is 27. The van der Waals surface area contributed by atoms with Crippen LogP contribution in [0.2, 0.25) is 0 Å². The van der Waals surface area contributed by atoms with Gasteiger partial charge >= 0.3 is 0 Å². The first-order valence-electron chi connectivity index (χ1n) is 29.6. The zero-order valence-corrected chi connectivity index (χ0v) is 48.8. The number of nitrogens with zero attached hydrogens (tertiary/aromatic N) is 2. The monoisotopic (exact) mass is 1120 g/mol. The number of benzene rings is 11. The number of hydrogen-bond acceptors (Lipinski definition) is 5. The Morgan fingerprint density at radius 2 is 0.465 bits per heavy atom. The number of anilines is 6. The highest BCUT2D eigenvalue weighted by Gasteiger charge is 2.16. The van der Waals surface area contributed by atoms with E-state index in [1.54, 1.807) is 0 Å². The van der Waals surface area contributed by atoms with Crippen molar-refractivity contribution in [3.05, 3.63) is 354 Å². The smallest absolute Gasteiger partial charge is 0.0721 e. The summed E-state index contributed by atoms with van der Waals surface area (Å²) in [5.74, 6) is 0. The summed E-state index contributed by atoms with van der Waals surface area (Å²) in [7, 11) is 0. The van der Waals surface area contributed by atoms with Gasteiger partial charge in [-0.05, 0) is 176 Å². The van der Waals surface area contributed by atoms with Crippen LogP contribution in [0, 0.1) is 0 Å². The molecule has 0 N–H and O–H groups in total. The zero-order chi connectivity index (χ0) is 58.7. The third-order valence-corrected chi connectivity index (χ3v) is 15.7. The van der Waals surface area contributed by atoms with E-state index >= 15 is 0 Å². The van der Waals surface area contributed by atoms with Gasteiger partial charge in [0, 0.05) is 34.1 Å².